The molecule has 0 amide bonds. The van der Waals surface area contributed by atoms with Crippen molar-refractivity contribution in [2.45, 2.75) is 38.4 Å². The fourth-order valence-corrected chi connectivity index (χ4v) is 3.10. The summed E-state index contributed by atoms with van der Waals surface area (Å²) in [5, 5.41) is 1.05. The maximum atomic E-state index is 12.1. The Balaban J connectivity index is 2.37. The average Bonchev–Trinajstić information content (AvgIpc) is 2.97. The van der Waals surface area contributed by atoms with Gasteiger partial charge in [-0.05, 0) is 32.4 Å². The highest BCUT2D eigenvalue weighted by Gasteiger charge is 2.73. The minimum atomic E-state index is -0.944. The summed E-state index contributed by atoms with van der Waals surface area (Å²) in [5.74, 6) is -0.342. The van der Waals surface area contributed by atoms with Gasteiger partial charge in [-0.15, -0.1) is 0 Å². The summed E-state index contributed by atoms with van der Waals surface area (Å²) in [7, 11) is 0. The van der Waals surface area contributed by atoms with E-state index in [4.69, 9.17) is 32.7 Å². The summed E-state index contributed by atoms with van der Waals surface area (Å²) in [5.41, 5.74) is -0.940. The van der Waals surface area contributed by atoms with E-state index in [1.54, 1.807) is 25.1 Å². The van der Waals surface area contributed by atoms with E-state index in [9.17, 15) is 4.79 Å². The summed E-state index contributed by atoms with van der Waals surface area (Å²) < 4.78 is 10.9. The van der Waals surface area contributed by atoms with Gasteiger partial charge in [-0.25, -0.2) is 4.79 Å². The number of epoxide rings is 1. The van der Waals surface area contributed by atoms with Gasteiger partial charge in [-0.3, -0.25) is 0 Å². The molecular formula is C14H16Cl2O3. The van der Waals surface area contributed by atoms with Gasteiger partial charge < -0.3 is 9.47 Å². The van der Waals surface area contributed by atoms with E-state index in [-0.39, 0.29) is 5.97 Å². The molecule has 2 unspecified atom stereocenters. The molecule has 0 N–H and O–H groups in total. The highest BCUT2D eigenvalue weighted by molar-refractivity contribution is 6.35. The SMILES string of the molecule is CCOC(=O)C1(CC)OC1(C)c1ccc(Cl)cc1Cl. The molecule has 1 aliphatic heterocycles. The second-order valence-electron chi connectivity index (χ2n) is 4.66. The van der Waals surface area contributed by atoms with Gasteiger partial charge in [0.2, 0.25) is 0 Å². The van der Waals surface area contributed by atoms with Crippen LogP contribution >= 0.6 is 23.2 Å². The normalized spacial score (nSPS) is 29.1. The lowest BCUT2D eigenvalue weighted by atomic mass is 9.86. The predicted molar refractivity (Wildman–Crippen MR) is 74.6 cm³/mol. The quantitative estimate of drug-likeness (QED) is 0.624. The molecule has 0 aromatic heterocycles. The number of benzene rings is 1. The van der Waals surface area contributed by atoms with Crippen LogP contribution in [-0.4, -0.2) is 18.2 Å². The lowest BCUT2D eigenvalue weighted by molar-refractivity contribution is -0.149. The predicted octanol–water partition coefficient (Wildman–Crippen LogP) is 3.95. The monoisotopic (exact) mass is 302 g/mol. The molecule has 0 saturated carbocycles. The van der Waals surface area contributed by atoms with Crippen molar-refractivity contribution in [2.24, 2.45) is 0 Å². The molecular weight excluding hydrogens is 287 g/mol. The molecule has 1 fully saturated rings. The number of ether oxygens (including phenoxy) is 2. The Morgan fingerprint density at radius 2 is 2.05 bits per heavy atom. The van der Waals surface area contributed by atoms with Crippen molar-refractivity contribution in [3.05, 3.63) is 33.8 Å². The number of rotatable bonds is 4. The second kappa shape index (κ2) is 4.97. The molecule has 19 heavy (non-hydrogen) atoms. The molecule has 0 aliphatic carbocycles. The summed E-state index contributed by atoms with van der Waals surface area (Å²) in [6.45, 7) is 5.85. The van der Waals surface area contributed by atoms with Crippen LogP contribution in [0.25, 0.3) is 0 Å². The minimum absolute atomic E-state index is 0.328. The van der Waals surface area contributed by atoms with Crippen LogP contribution in [0.2, 0.25) is 10.0 Å². The maximum absolute atomic E-state index is 12.1. The Bertz CT molecular complexity index is 517. The van der Waals surface area contributed by atoms with E-state index in [1.807, 2.05) is 13.8 Å². The third-order valence-corrected chi connectivity index (χ3v) is 4.20. The van der Waals surface area contributed by atoms with Gasteiger partial charge in [0.15, 0.2) is 5.60 Å². The van der Waals surface area contributed by atoms with Crippen molar-refractivity contribution in [2.75, 3.05) is 6.61 Å². The van der Waals surface area contributed by atoms with Crippen LogP contribution in [-0.2, 0) is 19.9 Å². The van der Waals surface area contributed by atoms with Crippen LogP contribution in [0.15, 0.2) is 18.2 Å². The van der Waals surface area contributed by atoms with E-state index in [0.717, 1.165) is 5.56 Å². The molecule has 1 aliphatic rings. The van der Waals surface area contributed by atoms with Crippen LogP contribution < -0.4 is 0 Å². The van der Waals surface area contributed by atoms with Gasteiger partial charge in [-0.1, -0.05) is 36.2 Å². The zero-order valence-corrected chi connectivity index (χ0v) is 12.6. The molecule has 0 spiro atoms. The van der Waals surface area contributed by atoms with Crippen LogP contribution in [0.3, 0.4) is 0 Å². The third kappa shape index (κ3) is 2.14. The fourth-order valence-electron chi connectivity index (χ4n) is 2.51. The number of carbonyl (C=O) groups excluding carboxylic acids is 1. The standard InChI is InChI=1S/C14H16Cl2O3/c1-4-14(12(17)18-5-2)13(3,19-14)10-7-6-9(15)8-11(10)16/h6-8H,4-5H2,1-3H3. The Morgan fingerprint density at radius 1 is 1.37 bits per heavy atom. The molecule has 2 atom stereocenters. The number of halogens is 2. The smallest absolute Gasteiger partial charge is 0.341 e. The first kappa shape index (κ1) is 14.6. The lowest BCUT2D eigenvalue weighted by Gasteiger charge is -2.15. The van der Waals surface area contributed by atoms with Gasteiger partial charge in [0.25, 0.3) is 0 Å². The highest BCUT2D eigenvalue weighted by Crippen LogP contribution is 2.59. The van der Waals surface area contributed by atoms with Crippen LogP contribution in [0.5, 0.6) is 0 Å². The summed E-state index contributed by atoms with van der Waals surface area (Å²) >= 11 is 12.1. The molecule has 1 aromatic carbocycles. The zero-order chi connectivity index (χ0) is 14.3. The molecule has 1 heterocycles. The molecule has 0 bridgehead atoms. The van der Waals surface area contributed by atoms with Gasteiger partial charge in [0.1, 0.15) is 5.60 Å². The van der Waals surface area contributed by atoms with Crippen molar-refractivity contribution >= 4 is 29.2 Å². The Morgan fingerprint density at radius 3 is 2.58 bits per heavy atom. The number of hydrogen-bond acceptors (Lipinski definition) is 3. The van der Waals surface area contributed by atoms with Crippen molar-refractivity contribution in [1.29, 1.82) is 0 Å². The van der Waals surface area contributed by atoms with Crippen molar-refractivity contribution in [1.82, 2.24) is 0 Å². The first-order valence-corrected chi connectivity index (χ1v) is 6.99. The Labute approximate surface area is 122 Å². The number of carbonyl (C=O) groups is 1. The van der Waals surface area contributed by atoms with Crippen molar-refractivity contribution in [3.8, 4) is 0 Å². The zero-order valence-electron chi connectivity index (χ0n) is 11.1. The lowest BCUT2D eigenvalue weighted by Crippen LogP contribution is -2.33. The fraction of sp³-hybridized carbons (Fsp3) is 0.500. The van der Waals surface area contributed by atoms with E-state index in [2.05, 4.69) is 0 Å². The Kier molecular flexibility index (Phi) is 3.83. The van der Waals surface area contributed by atoms with Crippen molar-refractivity contribution < 1.29 is 14.3 Å². The first-order valence-electron chi connectivity index (χ1n) is 6.24. The average molecular weight is 303 g/mol. The maximum Gasteiger partial charge on any atom is 0.341 e. The molecule has 0 radical (unpaired) electrons. The van der Waals surface area contributed by atoms with Crippen LogP contribution in [0, 0.1) is 0 Å². The number of esters is 1. The van der Waals surface area contributed by atoms with Crippen LogP contribution in [0.1, 0.15) is 32.8 Å². The van der Waals surface area contributed by atoms with E-state index in [1.165, 1.54) is 0 Å². The summed E-state index contributed by atoms with van der Waals surface area (Å²) in [4.78, 5) is 12.1. The largest absolute Gasteiger partial charge is 0.464 e. The third-order valence-electron chi connectivity index (χ3n) is 3.66. The van der Waals surface area contributed by atoms with Gasteiger partial charge in [0, 0.05) is 15.6 Å². The Hall–Kier alpha value is -0.770. The van der Waals surface area contributed by atoms with Crippen molar-refractivity contribution in [3.63, 3.8) is 0 Å². The first-order chi connectivity index (χ1) is 8.91. The topological polar surface area (TPSA) is 38.8 Å². The second-order valence-corrected chi connectivity index (χ2v) is 5.50. The van der Waals surface area contributed by atoms with Gasteiger partial charge in [0.05, 0.1) is 6.61 Å². The molecule has 1 saturated heterocycles. The summed E-state index contributed by atoms with van der Waals surface area (Å²) in [6.07, 6.45) is 0.529. The highest BCUT2D eigenvalue weighted by atomic mass is 35.5. The molecule has 5 heteroatoms. The van der Waals surface area contributed by atoms with Gasteiger partial charge in [-0.2, -0.15) is 0 Å². The molecule has 3 nitrogen and oxygen atoms in total. The minimum Gasteiger partial charge on any atom is -0.464 e. The van der Waals surface area contributed by atoms with Gasteiger partial charge >= 0.3 is 5.97 Å². The van der Waals surface area contributed by atoms with E-state index in [0.29, 0.717) is 23.1 Å². The molecule has 2 rings (SSSR count). The van der Waals surface area contributed by atoms with E-state index < -0.39 is 11.2 Å². The molecule has 1 aromatic rings. The summed E-state index contributed by atoms with van der Waals surface area (Å²) in [6, 6.07) is 5.18. The number of hydrogen-bond donors (Lipinski definition) is 0. The molecule has 104 valence electrons. The van der Waals surface area contributed by atoms with Crippen LogP contribution in [0.4, 0.5) is 0 Å². The van der Waals surface area contributed by atoms with E-state index >= 15 is 0 Å².